The van der Waals surface area contributed by atoms with Gasteiger partial charge in [0.1, 0.15) is 10.7 Å². The molecule has 0 spiro atoms. The van der Waals surface area contributed by atoms with Crippen molar-refractivity contribution in [2.75, 3.05) is 4.72 Å². The second kappa shape index (κ2) is 5.66. The second-order valence-electron chi connectivity index (χ2n) is 4.56. The van der Waals surface area contributed by atoms with Crippen LogP contribution in [-0.2, 0) is 10.0 Å². The largest absolute Gasteiger partial charge is 0.278 e. The Kier molecular flexibility index (Phi) is 3.84. The Morgan fingerprint density at radius 3 is 2.64 bits per heavy atom. The summed E-state index contributed by atoms with van der Waals surface area (Å²) in [5.74, 6) is -0.457. The van der Waals surface area contributed by atoms with Crippen LogP contribution in [0.1, 0.15) is 0 Å². The Morgan fingerprint density at radius 2 is 1.86 bits per heavy atom. The lowest BCUT2D eigenvalue weighted by molar-refractivity contribution is 0.601. The van der Waals surface area contributed by atoms with Gasteiger partial charge in [0.25, 0.3) is 10.0 Å². The first kappa shape index (κ1) is 14.9. The molecule has 0 aliphatic rings. The summed E-state index contributed by atoms with van der Waals surface area (Å²) in [6.45, 7) is 0. The van der Waals surface area contributed by atoms with Crippen molar-refractivity contribution in [1.29, 1.82) is 0 Å². The maximum absolute atomic E-state index is 13.1. The molecule has 1 aromatic heterocycles. The predicted molar refractivity (Wildman–Crippen MR) is 86.7 cm³/mol. The van der Waals surface area contributed by atoms with E-state index < -0.39 is 15.8 Å². The summed E-state index contributed by atoms with van der Waals surface area (Å²) in [5.41, 5.74) is 0.644. The van der Waals surface area contributed by atoms with Gasteiger partial charge >= 0.3 is 0 Å². The number of benzene rings is 2. The van der Waals surface area contributed by atoms with Crippen LogP contribution in [0, 0.1) is 5.82 Å². The zero-order valence-electron chi connectivity index (χ0n) is 11.1. The van der Waals surface area contributed by atoms with Crippen LogP contribution in [0.25, 0.3) is 10.9 Å². The van der Waals surface area contributed by atoms with E-state index in [4.69, 9.17) is 0 Å². The normalized spacial score (nSPS) is 11.5. The number of pyridine rings is 1. The lowest BCUT2D eigenvalue weighted by Gasteiger charge is -2.11. The van der Waals surface area contributed by atoms with Gasteiger partial charge in [-0.2, -0.15) is 0 Å². The first-order valence-corrected chi connectivity index (χ1v) is 8.56. The van der Waals surface area contributed by atoms with Crippen molar-refractivity contribution in [3.8, 4) is 0 Å². The summed E-state index contributed by atoms with van der Waals surface area (Å²) in [5, 5.41) is 0.726. The summed E-state index contributed by atoms with van der Waals surface area (Å²) < 4.78 is 41.0. The molecule has 1 N–H and O–H groups in total. The van der Waals surface area contributed by atoms with Crippen LogP contribution in [0.5, 0.6) is 0 Å². The number of halogens is 2. The minimum Gasteiger partial charge on any atom is -0.278 e. The molecule has 0 aliphatic heterocycles. The molecule has 0 fully saturated rings. The van der Waals surface area contributed by atoms with E-state index >= 15 is 0 Å². The van der Waals surface area contributed by atoms with E-state index in [-0.39, 0.29) is 10.6 Å². The summed E-state index contributed by atoms with van der Waals surface area (Å²) >= 11 is 3.14. The molecule has 7 heteroatoms. The molecule has 112 valence electrons. The number of sulfonamides is 1. The molecule has 1 heterocycles. The smallest absolute Gasteiger partial charge is 0.264 e. The highest BCUT2D eigenvalue weighted by atomic mass is 79.9. The van der Waals surface area contributed by atoms with Crippen molar-refractivity contribution in [2.24, 2.45) is 0 Å². The minimum atomic E-state index is -3.84. The van der Waals surface area contributed by atoms with Gasteiger partial charge < -0.3 is 0 Å². The Hall–Kier alpha value is -1.99. The number of rotatable bonds is 3. The van der Waals surface area contributed by atoms with E-state index in [1.165, 1.54) is 30.5 Å². The van der Waals surface area contributed by atoms with Crippen LogP contribution in [0.4, 0.5) is 10.1 Å². The number of aromatic nitrogens is 1. The zero-order valence-corrected chi connectivity index (χ0v) is 13.5. The van der Waals surface area contributed by atoms with E-state index in [2.05, 4.69) is 25.6 Å². The van der Waals surface area contributed by atoms with Crippen molar-refractivity contribution < 1.29 is 12.8 Å². The Bertz CT molecular complexity index is 955. The van der Waals surface area contributed by atoms with E-state index in [0.717, 1.165) is 5.39 Å². The molecule has 0 amide bonds. The summed E-state index contributed by atoms with van der Waals surface area (Å²) in [6.07, 6.45) is 1.54. The minimum absolute atomic E-state index is 0.0711. The maximum Gasteiger partial charge on any atom is 0.264 e. The van der Waals surface area contributed by atoms with E-state index in [1.807, 2.05) is 0 Å². The van der Waals surface area contributed by atoms with Crippen LogP contribution in [0.2, 0.25) is 0 Å². The molecule has 0 atom stereocenters. The van der Waals surface area contributed by atoms with Gasteiger partial charge in [0, 0.05) is 16.1 Å². The molecular weight excluding hydrogens is 371 g/mol. The number of nitrogens with one attached hydrogen (secondary N) is 1. The first-order valence-electron chi connectivity index (χ1n) is 6.29. The fraction of sp³-hybridized carbons (Fsp3) is 0. The third-order valence-electron chi connectivity index (χ3n) is 3.06. The van der Waals surface area contributed by atoms with Gasteiger partial charge in [-0.25, -0.2) is 12.8 Å². The SMILES string of the molecule is O=S(=O)(Nc1ccc(F)cc1Br)c1cccc2cccnc12. The maximum atomic E-state index is 13.1. The van der Waals surface area contributed by atoms with Gasteiger partial charge in [0.2, 0.25) is 0 Å². The molecule has 0 radical (unpaired) electrons. The van der Waals surface area contributed by atoms with Crippen molar-refractivity contribution in [3.05, 3.63) is 65.0 Å². The van der Waals surface area contributed by atoms with E-state index in [1.54, 1.807) is 24.3 Å². The summed E-state index contributed by atoms with van der Waals surface area (Å²) in [4.78, 5) is 4.21. The van der Waals surface area contributed by atoms with Crippen LogP contribution < -0.4 is 4.72 Å². The number of hydrogen-bond donors (Lipinski definition) is 1. The van der Waals surface area contributed by atoms with Gasteiger partial charge in [0.05, 0.1) is 11.2 Å². The highest BCUT2D eigenvalue weighted by molar-refractivity contribution is 9.10. The topological polar surface area (TPSA) is 59.1 Å². The fourth-order valence-corrected chi connectivity index (χ4v) is 3.91. The summed E-state index contributed by atoms with van der Waals surface area (Å²) in [6, 6.07) is 12.2. The predicted octanol–water partition coefficient (Wildman–Crippen LogP) is 3.94. The Balaban J connectivity index is 2.09. The van der Waals surface area contributed by atoms with Crippen molar-refractivity contribution in [3.63, 3.8) is 0 Å². The number of fused-ring (bicyclic) bond motifs is 1. The fourth-order valence-electron chi connectivity index (χ4n) is 2.07. The highest BCUT2D eigenvalue weighted by Crippen LogP contribution is 2.27. The third-order valence-corrected chi connectivity index (χ3v) is 5.11. The van der Waals surface area contributed by atoms with Crippen molar-refractivity contribution in [2.45, 2.75) is 4.90 Å². The third kappa shape index (κ3) is 2.82. The molecule has 0 bridgehead atoms. The Labute approximate surface area is 135 Å². The number of nitrogens with zero attached hydrogens (tertiary/aromatic N) is 1. The Morgan fingerprint density at radius 1 is 1.09 bits per heavy atom. The molecular formula is C15H10BrFN2O2S. The molecule has 3 rings (SSSR count). The average Bonchev–Trinajstić information content (AvgIpc) is 2.49. The van der Waals surface area contributed by atoms with E-state index in [0.29, 0.717) is 9.99 Å². The van der Waals surface area contributed by atoms with Gasteiger partial charge in [0.15, 0.2) is 0 Å². The highest BCUT2D eigenvalue weighted by Gasteiger charge is 2.19. The average molecular weight is 381 g/mol. The number of anilines is 1. The van der Waals surface area contributed by atoms with Crippen LogP contribution in [-0.4, -0.2) is 13.4 Å². The molecule has 0 saturated carbocycles. The van der Waals surface area contributed by atoms with Crippen LogP contribution in [0.15, 0.2) is 64.1 Å². The zero-order chi connectivity index (χ0) is 15.7. The lowest BCUT2D eigenvalue weighted by atomic mass is 10.2. The van der Waals surface area contributed by atoms with Gasteiger partial charge in [-0.1, -0.05) is 18.2 Å². The molecule has 22 heavy (non-hydrogen) atoms. The molecule has 2 aromatic carbocycles. The molecule has 0 aliphatic carbocycles. The molecule has 4 nitrogen and oxygen atoms in total. The lowest BCUT2D eigenvalue weighted by Crippen LogP contribution is -2.14. The van der Waals surface area contributed by atoms with Crippen molar-refractivity contribution in [1.82, 2.24) is 4.98 Å². The van der Waals surface area contributed by atoms with Crippen molar-refractivity contribution >= 4 is 42.5 Å². The number of para-hydroxylation sites is 1. The van der Waals surface area contributed by atoms with Crippen LogP contribution >= 0.6 is 15.9 Å². The molecule has 0 unspecified atom stereocenters. The van der Waals surface area contributed by atoms with Crippen LogP contribution in [0.3, 0.4) is 0 Å². The first-order chi connectivity index (χ1) is 10.5. The quantitative estimate of drug-likeness (QED) is 0.748. The van der Waals surface area contributed by atoms with Gasteiger partial charge in [-0.15, -0.1) is 0 Å². The van der Waals surface area contributed by atoms with Gasteiger partial charge in [-0.05, 0) is 46.3 Å². The monoisotopic (exact) mass is 380 g/mol. The number of hydrogen-bond acceptors (Lipinski definition) is 3. The standard InChI is InChI=1S/C15H10BrFN2O2S/c16-12-9-11(17)6-7-13(12)19-22(20,21)14-5-1-3-10-4-2-8-18-15(10)14/h1-9,19H. The van der Waals surface area contributed by atoms with E-state index in [9.17, 15) is 12.8 Å². The summed E-state index contributed by atoms with van der Waals surface area (Å²) in [7, 11) is -3.84. The van der Waals surface area contributed by atoms with Gasteiger partial charge in [-0.3, -0.25) is 9.71 Å². The molecule has 0 saturated heterocycles. The molecule has 3 aromatic rings. The second-order valence-corrected chi connectivity index (χ2v) is 7.07.